The molecule has 108 valence electrons. The van der Waals surface area contributed by atoms with Crippen LogP contribution < -0.4 is 4.74 Å². The largest absolute Gasteiger partial charge is 0.457 e. The second kappa shape index (κ2) is 6.32. The highest BCUT2D eigenvalue weighted by molar-refractivity contribution is 9.10. The van der Waals surface area contributed by atoms with Gasteiger partial charge in [0.1, 0.15) is 11.5 Å². The van der Waals surface area contributed by atoms with Gasteiger partial charge < -0.3 is 4.74 Å². The van der Waals surface area contributed by atoms with Gasteiger partial charge in [-0.15, -0.1) is 0 Å². The zero-order valence-corrected chi connectivity index (χ0v) is 14.1. The van der Waals surface area contributed by atoms with Crippen LogP contribution in [0.2, 0.25) is 0 Å². The Hall–Kier alpha value is -1.79. The van der Waals surface area contributed by atoms with E-state index < -0.39 is 0 Å². The van der Waals surface area contributed by atoms with E-state index in [4.69, 9.17) is 10.00 Å². The molecule has 3 heteroatoms. The van der Waals surface area contributed by atoms with Gasteiger partial charge in [-0.1, -0.05) is 48.8 Å². The topological polar surface area (TPSA) is 33.0 Å². The molecule has 0 aromatic heterocycles. The van der Waals surface area contributed by atoms with Crippen LogP contribution in [0.1, 0.15) is 38.3 Å². The highest BCUT2D eigenvalue weighted by atomic mass is 79.9. The lowest BCUT2D eigenvalue weighted by Gasteiger charge is -2.23. The van der Waals surface area contributed by atoms with E-state index in [1.54, 1.807) is 12.1 Å². The summed E-state index contributed by atoms with van der Waals surface area (Å²) in [4.78, 5) is 0. The van der Waals surface area contributed by atoms with Crippen molar-refractivity contribution in [1.29, 1.82) is 5.26 Å². The van der Waals surface area contributed by atoms with Crippen LogP contribution in [0, 0.1) is 11.3 Å². The maximum Gasteiger partial charge on any atom is 0.129 e. The Kier molecular flexibility index (Phi) is 4.69. The van der Waals surface area contributed by atoms with Crippen molar-refractivity contribution in [3.63, 3.8) is 0 Å². The Morgan fingerprint density at radius 2 is 1.76 bits per heavy atom. The highest BCUT2D eigenvalue weighted by Gasteiger charge is 2.17. The third kappa shape index (κ3) is 3.86. The number of nitrogens with zero attached hydrogens (tertiary/aromatic N) is 1. The van der Waals surface area contributed by atoms with Gasteiger partial charge in [0.25, 0.3) is 0 Å². The Balaban J connectivity index is 2.21. The Labute approximate surface area is 134 Å². The molecule has 0 aliphatic carbocycles. The van der Waals surface area contributed by atoms with Gasteiger partial charge in [-0.25, -0.2) is 0 Å². The van der Waals surface area contributed by atoms with Crippen LogP contribution in [0.5, 0.6) is 11.5 Å². The van der Waals surface area contributed by atoms with Crippen LogP contribution in [-0.4, -0.2) is 0 Å². The summed E-state index contributed by atoms with van der Waals surface area (Å²) < 4.78 is 6.66. The number of ether oxygens (including phenoxy) is 1. The van der Waals surface area contributed by atoms with Gasteiger partial charge in [0.2, 0.25) is 0 Å². The van der Waals surface area contributed by atoms with Crippen LogP contribution in [0.4, 0.5) is 0 Å². The molecule has 0 radical (unpaired) electrons. The van der Waals surface area contributed by atoms with E-state index >= 15 is 0 Å². The number of rotatable bonds is 4. The normalized spacial score (nSPS) is 11.0. The highest BCUT2D eigenvalue weighted by Crippen LogP contribution is 2.30. The zero-order valence-electron chi connectivity index (χ0n) is 12.5. The number of hydrogen-bond donors (Lipinski definition) is 0. The lowest BCUT2D eigenvalue weighted by Crippen LogP contribution is -2.14. The van der Waals surface area contributed by atoms with Crippen LogP contribution in [0.3, 0.4) is 0 Å². The predicted octanol–water partition coefficient (Wildman–Crippen LogP) is 5.80. The van der Waals surface area contributed by atoms with Gasteiger partial charge in [0, 0.05) is 4.47 Å². The molecule has 2 rings (SSSR count). The first-order chi connectivity index (χ1) is 9.94. The SMILES string of the molecule is CCC(C)(C)c1ccc(Oc2cc(Br)cc(C#N)c2)cc1. The van der Waals surface area contributed by atoms with Crippen LogP contribution in [0.15, 0.2) is 46.9 Å². The first-order valence-electron chi connectivity index (χ1n) is 6.93. The lowest BCUT2D eigenvalue weighted by atomic mass is 9.82. The Morgan fingerprint density at radius 3 is 2.33 bits per heavy atom. The van der Waals surface area contributed by atoms with Crippen molar-refractivity contribution < 1.29 is 4.74 Å². The summed E-state index contributed by atoms with van der Waals surface area (Å²) in [5.74, 6) is 1.43. The molecule has 0 heterocycles. The molecule has 0 saturated carbocycles. The molecule has 2 aromatic rings. The van der Waals surface area contributed by atoms with E-state index in [0.29, 0.717) is 11.3 Å². The molecule has 0 unspecified atom stereocenters. The minimum atomic E-state index is 0.169. The zero-order chi connectivity index (χ0) is 15.5. The minimum Gasteiger partial charge on any atom is -0.457 e. The van der Waals surface area contributed by atoms with Crippen LogP contribution >= 0.6 is 15.9 Å². The van der Waals surface area contributed by atoms with Gasteiger partial charge in [0.05, 0.1) is 11.6 Å². The molecule has 0 aliphatic rings. The first kappa shape index (κ1) is 15.6. The molecule has 0 saturated heterocycles. The van der Waals surface area contributed by atoms with E-state index in [-0.39, 0.29) is 5.41 Å². The average molecular weight is 344 g/mol. The van der Waals surface area contributed by atoms with E-state index in [1.165, 1.54) is 5.56 Å². The molecule has 0 N–H and O–H groups in total. The van der Waals surface area contributed by atoms with Crippen LogP contribution in [0.25, 0.3) is 0 Å². The number of nitriles is 1. The maximum absolute atomic E-state index is 8.98. The molecule has 2 aromatic carbocycles. The molecular weight excluding hydrogens is 326 g/mol. The smallest absolute Gasteiger partial charge is 0.129 e. The van der Waals surface area contributed by atoms with Crippen molar-refractivity contribution in [2.45, 2.75) is 32.6 Å². The summed E-state index contributed by atoms with van der Waals surface area (Å²) in [6, 6.07) is 15.6. The minimum absolute atomic E-state index is 0.169. The molecule has 0 aliphatic heterocycles. The van der Waals surface area contributed by atoms with Crippen molar-refractivity contribution in [2.24, 2.45) is 0 Å². The quantitative estimate of drug-likeness (QED) is 0.702. The average Bonchev–Trinajstić information content (AvgIpc) is 2.47. The lowest BCUT2D eigenvalue weighted by molar-refractivity contribution is 0.477. The molecule has 0 fully saturated rings. The fourth-order valence-corrected chi connectivity index (χ4v) is 2.47. The van der Waals surface area contributed by atoms with E-state index in [2.05, 4.69) is 54.9 Å². The van der Waals surface area contributed by atoms with Gasteiger partial charge in [-0.2, -0.15) is 5.26 Å². The summed E-state index contributed by atoms with van der Waals surface area (Å²) in [5, 5.41) is 8.98. The number of halogens is 1. The summed E-state index contributed by atoms with van der Waals surface area (Å²) in [5.41, 5.74) is 2.04. The monoisotopic (exact) mass is 343 g/mol. The number of benzene rings is 2. The molecule has 2 nitrogen and oxygen atoms in total. The summed E-state index contributed by atoms with van der Waals surface area (Å²) in [7, 11) is 0. The maximum atomic E-state index is 8.98. The third-order valence-electron chi connectivity index (χ3n) is 3.76. The Bertz CT molecular complexity index is 669. The summed E-state index contributed by atoms with van der Waals surface area (Å²) in [6.45, 7) is 6.65. The summed E-state index contributed by atoms with van der Waals surface area (Å²) in [6.07, 6.45) is 1.09. The second-order valence-corrected chi connectivity index (χ2v) is 6.57. The van der Waals surface area contributed by atoms with Crippen molar-refractivity contribution in [3.05, 3.63) is 58.1 Å². The van der Waals surface area contributed by atoms with E-state index in [1.807, 2.05) is 18.2 Å². The van der Waals surface area contributed by atoms with Crippen molar-refractivity contribution in [3.8, 4) is 17.6 Å². The van der Waals surface area contributed by atoms with Crippen molar-refractivity contribution in [1.82, 2.24) is 0 Å². The predicted molar refractivity (Wildman–Crippen MR) is 88.7 cm³/mol. The molecule has 0 bridgehead atoms. The van der Waals surface area contributed by atoms with Gasteiger partial charge in [-0.05, 0) is 47.7 Å². The molecule has 21 heavy (non-hydrogen) atoms. The van der Waals surface area contributed by atoms with E-state index in [0.717, 1.165) is 16.6 Å². The third-order valence-corrected chi connectivity index (χ3v) is 4.21. The fraction of sp³-hybridized carbons (Fsp3) is 0.278. The number of hydrogen-bond acceptors (Lipinski definition) is 2. The van der Waals surface area contributed by atoms with E-state index in [9.17, 15) is 0 Å². The fourth-order valence-electron chi connectivity index (χ4n) is 2.00. The van der Waals surface area contributed by atoms with Gasteiger partial charge in [-0.3, -0.25) is 0 Å². The molecule has 0 spiro atoms. The van der Waals surface area contributed by atoms with Gasteiger partial charge >= 0.3 is 0 Å². The molecular formula is C18H18BrNO. The van der Waals surface area contributed by atoms with Crippen molar-refractivity contribution in [2.75, 3.05) is 0 Å². The Morgan fingerprint density at radius 1 is 1.10 bits per heavy atom. The van der Waals surface area contributed by atoms with Crippen molar-refractivity contribution >= 4 is 15.9 Å². The summed E-state index contributed by atoms with van der Waals surface area (Å²) >= 11 is 3.38. The second-order valence-electron chi connectivity index (χ2n) is 5.65. The molecule has 0 atom stereocenters. The first-order valence-corrected chi connectivity index (χ1v) is 7.73. The molecule has 0 amide bonds. The van der Waals surface area contributed by atoms with Gasteiger partial charge in [0.15, 0.2) is 0 Å². The standard InChI is InChI=1S/C18H18BrNO/c1-4-18(2,3)14-5-7-16(8-6-14)21-17-10-13(12-20)9-15(19)11-17/h5-11H,4H2,1-3H3. The van der Waals surface area contributed by atoms with Crippen LogP contribution in [-0.2, 0) is 5.41 Å².